The number of halogens is 3. The molecule has 308 valence electrons. The summed E-state index contributed by atoms with van der Waals surface area (Å²) in [6.45, 7) is 12.7. The van der Waals surface area contributed by atoms with Crippen molar-refractivity contribution < 1.29 is 42.5 Å². The lowest BCUT2D eigenvalue weighted by atomic mass is 9.44. The molecule has 3 fully saturated rings. The lowest BCUT2D eigenvalue weighted by Crippen LogP contribution is -2.71. The number of aliphatic hydroxyl groups excluding tert-OH is 1. The standard InChI is InChI=1S/C25H31ClF2O5.C19H38O2/c1-5-21(32)33-25(20(31)12-26)13(2)8-15-16-10-18(27)17-9-14(29)6-7-22(17,3)24(16,28)19(30)11-23(15,25)4;1-4-5-6-7-8-9-10-11-12-13-14-15-16-17-19(20)21-18(2)3/h6-7,9,13,15-16,18-19,30H,5,8,10-12H2,1-4H3;18H,4-17H2,1-3H3/t13-,15-,16-,18-,19-,22-,23-,24-,25-;/m0./s1. The summed E-state index contributed by atoms with van der Waals surface area (Å²) in [4.78, 5) is 49.0. The number of carbonyl (C=O) groups is 4. The second-order valence-electron chi connectivity index (χ2n) is 17.1. The van der Waals surface area contributed by atoms with E-state index >= 15 is 8.78 Å². The number of allylic oxidation sites excluding steroid dienone is 4. The second kappa shape index (κ2) is 20.3. The Morgan fingerprint density at radius 1 is 0.907 bits per heavy atom. The molecular weight excluding hydrogens is 714 g/mol. The maximum atomic E-state index is 17.2. The van der Waals surface area contributed by atoms with E-state index in [0.717, 1.165) is 12.5 Å². The first kappa shape index (κ1) is 46.3. The van der Waals surface area contributed by atoms with Crippen molar-refractivity contribution in [2.45, 2.75) is 194 Å². The van der Waals surface area contributed by atoms with Crippen LogP contribution in [0.4, 0.5) is 8.78 Å². The summed E-state index contributed by atoms with van der Waals surface area (Å²) in [5.41, 5.74) is -6.47. The smallest absolute Gasteiger partial charge is 0.306 e. The minimum Gasteiger partial charge on any atom is -0.463 e. The molecule has 10 heteroatoms. The highest BCUT2D eigenvalue weighted by Gasteiger charge is 2.78. The molecule has 7 nitrogen and oxygen atoms in total. The van der Waals surface area contributed by atoms with Gasteiger partial charge in [0, 0.05) is 35.5 Å². The third-order valence-electron chi connectivity index (χ3n) is 13.1. The van der Waals surface area contributed by atoms with Gasteiger partial charge in [0.1, 0.15) is 6.17 Å². The van der Waals surface area contributed by atoms with Crippen molar-refractivity contribution in [2.24, 2.45) is 28.6 Å². The number of ketones is 2. The molecule has 54 heavy (non-hydrogen) atoms. The Balaban J connectivity index is 0.000000325. The number of hydrogen-bond donors (Lipinski definition) is 1. The van der Waals surface area contributed by atoms with Crippen LogP contribution in [0, 0.1) is 28.6 Å². The largest absolute Gasteiger partial charge is 0.463 e. The van der Waals surface area contributed by atoms with Crippen LogP contribution in [0.2, 0.25) is 0 Å². The molecule has 0 heterocycles. The molecule has 0 radical (unpaired) electrons. The van der Waals surface area contributed by atoms with Crippen LogP contribution < -0.4 is 0 Å². The molecule has 0 bridgehead atoms. The Labute approximate surface area is 328 Å². The van der Waals surface area contributed by atoms with E-state index in [2.05, 4.69) is 6.92 Å². The second-order valence-corrected chi connectivity index (χ2v) is 17.4. The molecule has 0 aromatic rings. The molecule has 0 aromatic heterocycles. The van der Waals surface area contributed by atoms with Gasteiger partial charge in [-0.25, -0.2) is 8.78 Å². The number of fused-ring (bicyclic) bond motifs is 5. The third kappa shape index (κ3) is 9.69. The average molecular weight is 783 g/mol. The van der Waals surface area contributed by atoms with Crippen molar-refractivity contribution in [3.05, 3.63) is 23.8 Å². The molecule has 0 saturated heterocycles. The SMILES string of the molecule is CCC(=O)O[C@]1(C(=O)CCl)[C@@H](C)C[C@H]2[C@@H]3C[C@H](F)C4=CC(=O)C=C[C@]4(C)[C@@]3(F)[C@@H](O)C[C@@]21C.CCCCCCCCCCCCCCCC(=O)OC(C)C. The highest BCUT2D eigenvalue weighted by molar-refractivity contribution is 6.29. The number of alkyl halides is 3. The number of carbonyl (C=O) groups excluding carboxylic acids is 4. The molecule has 3 saturated carbocycles. The van der Waals surface area contributed by atoms with E-state index < -0.39 is 75.5 Å². The minimum absolute atomic E-state index is 0.0273. The fourth-order valence-electron chi connectivity index (χ4n) is 10.4. The number of hydrogen-bond acceptors (Lipinski definition) is 7. The van der Waals surface area contributed by atoms with Crippen LogP contribution in [0.3, 0.4) is 0 Å². The normalized spacial score (nSPS) is 33.9. The Hall–Kier alpha value is -2.13. The average Bonchev–Trinajstić information content (AvgIpc) is 3.34. The summed E-state index contributed by atoms with van der Waals surface area (Å²) >= 11 is 5.97. The summed E-state index contributed by atoms with van der Waals surface area (Å²) < 4.78 is 43.6. The Morgan fingerprint density at radius 2 is 1.46 bits per heavy atom. The van der Waals surface area contributed by atoms with Gasteiger partial charge >= 0.3 is 11.9 Å². The molecule has 0 aliphatic heterocycles. The summed E-state index contributed by atoms with van der Waals surface area (Å²) in [5, 5.41) is 11.4. The first-order chi connectivity index (χ1) is 25.5. The summed E-state index contributed by atoms with van der Waals surface area (Å²) in [7, 11) is 0. The highest BCUT2D eigenvalue weighted by Crippen LogP contribution is 2.71. The van der Waals surface area contributed by atoms with Crippen LogP contribution in [-0.4, -0.2) is 64.1 Å². The molecule has 1 N–H and O–H groups in total. The van der Waals surface area contributed by atoms with Crippen molar-refractivity contribution in [3.63, 3.8) is 0 Å². The molecule has 4 aliphatic carbocycles. The van der Waals surface area contributed by atoms with Crippen LogP contribution in [0.25, 0.3) is 0 Å². The minimum atomic E-state index is -2.25. The lowest BCUT2D eigenvalue weighted by Gasteiger charge is -2.63. The van der Waals surface area contributed by atoms with Gasteiger partial charge in [0.05, 0.1) is 18.1 Å². The van der Waals surface area contributed by atoms with Gasteiger partial charge < -0.3 is 14.6 Å². The molecule has 4 aliphatic rings. The molecule has 0 unspecified atom stereocenters. The van der Waals surface area contributed by atoms with Gasteiger partial charge in [0.2, 0.25) is 0 Å². The van der Waals surface area contributed by atoms with Gasteiger partial charge in [0.15, 0.2) is 22.8 Å². The van der Waals surface area contributed by atoms with Crippen LogP contribution >= 0.6 is 11.6 Å². The predicted molar refractivity (Wildman–Crippen MR) is 210 cm³/mol. The van der Waals surface area contributed by atoms with Crippen LogP contribution in [0.15, 0.2) is 23.8 Å². The van der Waals surface area contributed by atoms with Crippen molar-refractivity contribution in [3.8, 4) is 0 Å². The number of unbranched alkanes of at least 4 members (excludes halogenated alkanes) is 12. The molecule has 0 aromatic carbocycles. The fraction of sp³-hybridized carbons (Fsp3) is 0.818. The monoisotopic (exact) mass is 782 g/mol. The van der Waals surface area contributed by atoms with E-state index in [1.165, 1.54) is 96.1 Å². The van der Waals surface area contributed by atoms with Crippen LogP contribution in [0.5, 0.6) is 0 Å². The zero-order valence-electron chi connectivity index (χ0n) is 34.2. The summed E-state index contributed by atoms with van der Waals surface area (Å²) in [6, 6.07) is 0. The number of esters is 2. The first-order valence-electron chi connectivity index (χ1n) is 21.0. The van der Waals surface area contributed by atoms with E-state index in [9.17, 15) is 24.3 Å². The predicted octanol–water partition coefficient (Wildman–Crippen LogP) is 10.5. The van der Waals surface area contributed by atoms with Crippen molar-refractivity contribution in [2.75, 3.05) is 5.88 Å². The summed E-state index contributed by atoms with van der Waals surface area (Å²) in [6.07, 6.45) is 18.6. The Bertz CT molecular complexity index is 1350. The summed E-state index contributed by atoms with van der Waals surface area (Å²) in [5.74, 6) is -3.88. The topological polar surface area (TPSA) is 107 Å². The maximum Gasteiger partial charge on any atom is 0.306 e. The zero-order chi connectivity index (χ0) is 40.3. The lowest BCUT2D eigenvalue weighted by molar-refractivity contribution is -0.230. The van der Waals surface area contributed by atoms with Crippen LogP contribution in [-0.2, 0) is 28.7 Å². The molecule has 4 rings (SSSR count). The zero-order valence-corrected chi connectivity index (χ0v) is 34.9. The van der Waals surface area contributed by atoms with Crippen molar-refractivity contribution in [1.82, 2.24) is 0 Å². The highest BCUT2D eigenvalue weighted by atomic mass is 35.5. The molecule has 0 spiro atoms. The number of rotatable bonds is 19. The molecule has 9 atom stereocenters. The maximum absolute atomic E-state index is 17.2. The quantitative estimate of drug-likeness (QED) is 0.0790. The van der Waals surface area contributed by atoms with Crippen molar-refractivity contribution >= 4 is 35.1 Å². The van der Waals surface area contributed by atoms with Gasteiger partial charge in [0.25, 0.3) is 0 Å². The molecule has 0 amide bonds. The van der Waals surface area contributed by atoms with Gasteiger partial charge in [-0.15, -0.1) is 11.6 Å². The number of aliphatic hydroxyl groups is 1. The van der Waals surface area contributed by atoms with Gasteiger partial charge in [-0.1, -0.05) is 111 Å². The van der Waals surface area contributed by atoms with Gasteiger partial charge in [-0.05, 0) is 70.1 Å². The third-order valence-corrected chi connectivity index (χ3v) is 13.4. The van der Waals surface area contributed by atoms with Gasteiger partial charge in [-0.2, -0.15) is 0 Å². The first-order valence-corrected chi connectivity index (χ1v) is 21.5. The van der Waals surface area contributed by atoms with Crippen molar-refractivity contribution in [1.29, 1.82) is 0 Å². The van der Waals surface area contributed by atoms with E-state index in [1.807, 2.05) is 13.8 Å². The van der Waals surface area contributed by atoms with E-state index in [4.69, 9.17) is 21.1 Å². The molecular formula is C44H69ClF2O7. The number of Topliss-reactive ketones (excluding diaryl/α,β-unsaturated/α-hetero) is 1. The Kier molecular flexibility index (Phi) is 17.4. The van der Waals surface area contributed by atoms with E-state index in [0.29, 0.717) is 12.8 Å². The van der Waals surface area contributed by atoms with Gasteiger partial charge in [-0.3, -0.25) is 19.2 Å². The Morgan fingerprint density at radius 3 is 1.98 bits per heavy atom. The van der Waals surface area contributed by atoms with Crippen LogP contribution in [0.1, 0.15) is 164 Å². The fourth-order valence-corrected chi connectivity index (χ4v) is 10.6. The number of ether oxygens (including phenoxy) is 2. The van der Waals surface area contributed by atoms with E-state index in [1.54, 1.807) is 20.8 Å². The van der Waals surface area contributed by atoms with E-state index in [-0.39, 0.29) is 36.9 Å².